The van der Waals surface area contributed by atoms with Gasteiger partial charge < -0.3 is 14.9 Å². The van der Waals surface area contributed by atoms with Crippen molar-refractivity contribution in [1.82, 2.24) is 4.98 Å². The molecule has 1 atom stereocenters. The zero-order chi connectivity index (χ0) is 11.7. The van der Waals surface area contributed by atoms with Crippen molar-refractivity contribution < 1.29 is 9.15 Å². The van der Waals surface area contributed by atoms with Gasteiger partial charge in [-0.25, -0.2) is 4.98 Å². The summed E-state index contributed by atoms with van der Waals surface area (Å²) in [6.45, 7) is 1.75. The lowest BCUT2D eigenvalue weighted by Crippen LogP contribution is -2.01. The van der Waals surface area contributed by atoms with Crippen LogP contribution in [0.4, 0.5) is 5.69 Å². The second-order valence-corrected chi connectivity index (χ2v) is 5.22. The van der Waals surface area contributed by atoms with Crippen LogP contribution in [0.5, 0.6) is 0 Å². The van der Waals surface area contributed by atoms with E-state index in [1.54, 1.807) is 11.8 Å². The van der Waals surface area contributed by atoms with Gasteiger partial charge in [0.1, 0.15) is 5.52 Å². The molecule has 1 unspecified atom stereocenters. The fourth-order valence-electron chi connectivity index (χ4n) is 1.89. The van der Waals surface area contributed by atoms with E-state index in [9.17, 15) is 0 Å². The molecule has 2 aromatic rings. The Labute approximate surface area is 104 Å². The average Bonchev–Trinajstić information content (AvgIpc) is 2.94. The summed E-state index contributed by atoms with van der Waals surface area (Å²) in [5.41, 5.74) is 8.04. The van der Waals surface area contributed by atoms with Crippen LogP contribution in [0.1, 0.15) is 6.42 Å². The van der Waals surface area contributed by atoms with Crippen molar-refractivity contribution in [2.75, 3.05) is 24.7 Å². The number of benzene rings is 1. The third-order valence-electron chi connectivity index (χ3n) is 2.86. The highest BCUT2D eigenvalue weighted by molar-refractivity contribution is 7.99. The summed E-state index contributed by atoms with van der Waals surface area (Å²) in [6.07, 6.45) is 1.14. The maximum absolute atomic E-state index is 5.70. The molecule has 3 rings (SSSR count). The molecule has 1 fully saturated rings. The molecule has 5 heteroatoms. The molecule has 0 spiro atoms. The van der Waals surface area contributed by atoms with E-state index in [2.05, 4.69) is 4.98 Å². The largest absolute Gasteiger partial charge is 0.431 e. The zero-order valence-electron chi connectivity index (χ0n) is 9.39. The van der Waals surface area contributed by atoms with E-state index in [4.69, 9.17) is 14.9 Å². The summed E-state index contributed by atoms with van der Waals surface area (Å²) in [5.74, 6) is 1.63. The Morgan fingerprint density at radius 3 is 3.24 bits per heavy atom. The molecule has 1 aromatic heterocycles. The quantitative estimate of drug-likeness (QED) is 0.670. The molecule has 0 bridgehead atoms. The van der Waals surface area contributed by atoms with Gasteiger partial charge >= 0.3 is 0 Å². The second-order valence-electron chi connectivity index (χ2n) is 4.25. The van der Waals surface area contributed by atoms with Crippen LogP contribution in [-0.4, -0.2) is 24.0 Å². The van der Waals surface area contributed by atoms with Gasteiger partial charge in [-0.3, -0.25) is 0 Å². The highest BCUT2D eigenvalue weighted by Gasteiger charge is 2.17. The fourth-order valence-corrected chi connectivity index (χ4v) is 2.84. The van der Waals surface area contributed by atoms with E-state index >= 15 is 0 Å². The first-order valence-corrected chi connectivity index (χ1v) is 6.66. The molecule has 2 N–H and O–H groups in total. The van der Waals surface area contributed by atoms with Crippen LogP contribution in [0.25, 0.3) is 11.1 Å². The van der Waals surface area contributed by atoms with Gasteiger partial charge in [-0.05, 0) is 30.5 Å². The van der Waals surface area contributed by atoms with E-state index in [-0.39, 0.29) is 0 Å². The number of hydrogen-bond acceptors (Lipinski definition) is 5. The molecule has 0 aliphatic carbocycles. The number of thioether (sulfide) groups is 1. The number of rotatable bonds is 3. The Balaban J connectivity index is 1.72. The average molecular weight is 250 g/mol. The second kappa shape index (κ2) is 4.58. The summed E-state index contributed by atoms with van der Waals surface area (Å²) in [5, 5.41) is 0.720. The van der Waals surface area contributed by atoms with E-state index < -0.39 is 0 Å². The molecular weight excluding hydrogens is 236 g/mol. The maximum Gasteiger partial charge on any atom is 0.256 e. The Hall–Kier alpha value is -1.20. The Kier molecular flexibility index (Phi) is 2.94. The van der Waals surface area contributed by atoms with Crippen molar-refractivity contribution in [2.24, 2.45) is 5.92 Å². The number of aromatic nitrogens is 1. The Morgan fingerprint density at radius 1 is 1.47 bits per heavy atom. The van der Waals surface area contributed by atoms with Crippen LogP contribution < -0.4 is 5.73 Å². The minimum Gasteiger partial charge on any atom is -0.431 e. The molecule has 0 saturated carbocycles. The first-order chi connectivity index (χ1) is 8.31. The standard InChI is InChI=1S/C12H14N2O2S/c13-9-1-2-11-10(5-9)14-12(16-11)17-7-8-3-4-15-6-8/h1-2,5,8H,3-4,6-7,13H2. The van der Waals surface area contributed by atoms with E-state index in [1.165, 1.54) is 0 Å². The highest BCUT2D eigenvalue weighted by Crippen LogP contribution is 2.28. The van der Waals surface area contributed by atoms with Crippen molar-refractivity contribution in [3.05, 3.63) is 18.2 Å². The van der Waals surface area contributed by atoms with Crippen molar-refractivity contribution in [1.29, 1.82) is 0 Å². The third-order valence-corrected chi connectivity index (χ3v) is 3.92. The number of nitrogens with two attached hydrogens (primary N) is 1. The lowest BCUT2D eigenvalue weighted by Gasteiger charge is -2.02. The van der Waals surface area contributed by atoms with Gasteiger partial charge in [0.2, 0.25) is 0 Å². The summed E-state index contributed by atoms with van der Waals surface area (Å²) < 4.78 is 11.0. The smallest absolute Gasteiger partial charge is 0.256 e. The van der Waals surface area contributed by atoms with Gasteiger partial charge in [0.15, 0.2) is 5.58 Å². The molecule has 1 saturated heterocycles. The molecule has 1 aliphatic rings. The van der Waals surface area contributed by atoms with Crippen LogP contribution in [0, 0.1) is 5.92 Å². The molecule has 4 nitrogen and oxygen atoms in total. The van der Waals surface area contributed by atoms with E-state index in [1.807, 2.05) is 18.2 Å². The molecule has 0 radical (unpaired) electrons. The molecule has 90 valence electrons. The number of ether oxygens (including phenoxy) is 1. The van der Waals surface area contributed by atoms with Gasteiger partial charge in [-0.15, -0.1) is 0 Å². The molecule has 17 heavy (non-hydrogen) atoms. The molecule has 2 heterocycles. The zero-order valence-corrected chi connectivity index (χ0v) is 10.2. The number of fused-ring (bicyclic) bond motifs is 1. The predicted octanol–water partition coefficient (Wildman–Crippen LogP) is 2.54. The molecular formula is C12H14N2O2S. The van der Waals surface area contributed by atoms with Crippen LogP contribution in [0.15, 0.2) is 27.8 Å². The lowest BCUT2D eigenvalue weighted by atomic mass is 10.2. The van der Waals surface area contributed by atoms with Gasteiger partial charge in [0.05, 0.1) is 6.61 Å². The van der Waals surface area contributed by atoms with Crippen LogP contribution in [-0.2, 0) is 4.74 Å². The van der Waals surface area contributed by atoms with Crippen molar-refractivity contribution in [3.8, 4) is 0 Å². The Bertz CT molecular complexity index is 520. The first-order valence-electron chi connectivity index (χ1n) is 5.68. The first kappa shape index (κ1) is 10.9. The van der Waals surface area contributed by atoms with Gasteiger partial charge in [0.25, 0.3) is 5.22 Å². The number of nitrogen functional groups attached to an aromatic ring is 1. The van der Waals surface area contributed by atoms with Crippen molar-refractivity contribution in [2.45, 2.75) is 11.6 Å². The molecule has 1 aliphatic heterocycles. The number of oxazole rings is 1. The number of nitrogens with zero attached hydrogens (tertiary/aromatic N) is 1. The number of hydrogen-bond donors (Lipinski definition) is 1. The van der Waals surface area contributed by atoms with Crippen LogP contribution in [0.2, 0.25) is 0 Å². The monoisotopic (exact) mass is 250 g/mol. The molecule has 0 amide bonds. The topological polar surface area (TPSA) is 61.3 Å². The Morgan fingerprint density at radius 2 is 2.41 bits per heavy atom. The normalized spacial score (nSPS) is 20.1. The number of anilines is 1. The highest BCUT2D eigenvalue weighted by atomic mass is 32.2. The summed E-state index contributed by atoms with van der Waals surface area (Å²) in [7, 11) is 0. The minimum absolute atomic E-state index is 0.625. The van der Waals surface area contributed by atoms with Crippen LogP contribution >= 0.6 is 11.8 Å². The van der Waals surface area contributed by atoms with Gasteiger partial charge in [-0.1, -0.05) is 11.8 Å². The summed E-state index contributed by atoms with van der Waals surface area (Å²) in [4.78, 5) is 4.41. The van der Waals surface area contributed by atoms with Crippen molar-refractivity contribution >= 4 is 28.5 Å². The minimum atomic E-state index is 0.625. The lowest BCUT2D eigenvalue weighted by molar-refractivity contribution is 0.189. The summed E-state index contributed by atoms with van der Waals surface area (Å²) in [6, 6.07) is 5.52. The van der Waals surface area contributed by atoms with Crippen molar-refractivity contribution in [3.63, 3.8) is 0 Å². The third kappa shape index (κ3) is 2.40. The van der Waals surface area contributed by atoms with Gasteiger partial charge in [0, 0.05) is 18.0 Å². The van der Waals surface area contributed by atoms with Crippen LogP contribution in [0.3, 0.4) is 0 Å². The summed E-state index contributed by atoms with van der Waals surface area (Å²) >= 11 is 1.65. The molecule has 1 aromatic carbocycles. The van der Waals surface area contributed by atoms with E-state index in [0.717, 1.165) is 41.7 Å². The predicted molar refractivity (Wildman–Crippen MR) is 68.1 cm³/mol. The van der Waals surface area contributed by atoms with E-state index in [0.29, 0.717) is 11.6 Å². The SMILES string of the molecule is Nc1ccc2oc(SCC3CCOC3)nc2c1. The van der Waals surface area contributed by atoms with Gasteiger partial charge in [-0.2, -0.15) is 0 Å². The maximum atomic E-state index is 5.70. The fraction of sp³-hybridized carbons (Fsp3) is 0.417.